The molecule has 0 aliphatic carbocycles. The Labute approximate surface area is 170 Å². The van der Waals surface area contributed by atoms with Gasteiger partial charge in [-0.15, -0.1) is 0 Å². The number of methoxy groups -OCH3 is 1. The topological polar surface area (TPSA) is 52.4 Å². The van der Waals surface area contributed by atoms with Crippen molar-refractivity contribution in [3.63, 3.8) is 0 Å². The molecule has 1 heterocycles. The third kappa shape index (κ3) is 5.84. The molecule has 1 fully saturated rings. The molecule has 0 saturated carbocycles. The van der Waals surface area contributed by atoms with E-state index in [0.717, 1.165) is 24.4 Å². The molecule has 156 valence electrons. The minimum Gasteiger partial charge on any atom is -0.496 e. The van der Waals surface area contributed by atoms with Gasteiger partial charge in [0, 0.05) is 0 Å². The van der Waals surface area contributed by atoms with E-state index in [1.54, 1.807) is 25.3 Å². The van der Waals surface area contributed by atoms with Crippen LogP contribution >= 0.6 is 0 Å². The average molecular weight is 403 g/mol. The molecule has 29 heavy (non-hydrogen) atoms. The highest BCUT2D eigenvalue weighted by Crippen LogP contribution is 2.19. The van der Waals surface area contributed by atoms with Crippen molar-refractivity contribution in [2.45, 2.75) is 13.5 Å². The zero-order valence-electron chi connectivity index (χ0n) is 16.9. The van der Waals surface area contributed by atoms with Gasteiger partial charge < -0.3 is 24.0 Å². The van der Waals surface area contributed by atoms with Crippen molar-refractivity contribution in [2.75, 3.05) is 46.5 Å². The van der Waals surface area contributed by atoms with Gasteiger partial charge >= 0.3 is 0 Å². The lowest BCUT2D eigenvalue weighted by molar-refractivity contribution is -0.917. The third-order valence-electron chi connectivity index (χ3n) is 5.00. The van der Waals surface area contributed by atoms with Gasteiger partial charge in [-0.05, 0) is 49.4 Å². The number of ether oxygens (including phenoxy) is 3. The second kappa shape index (κ2) is 10.1. The quantitative estimate of drug-likeness (QED) is 0.727. The van der Waals surface area contributed by atoms with Gasteiger partial charge in [0.2, 0.25) is 0 Å². The summed E-state index contributed by atoms with van der Waals surface area (Å²) in [4.78, 5) is 15.6. The molecular formula is C22H28FN2O4+. The zero-order chi connectivity index (χ0) is 20.6. The highest BCUT2D eigenvalue weighted by Gasteiger charge is 2.25. The standard InChI is InChI=1S/C22H27FN2O4/c1-3-28-19-5-7-20(8-6-19)29-16-22(26)25-12-10-24(11-13-25)15-17-14-18(23)4-9-21(17)27-2/h4-9,14H,3,10-13,15-16H2,1-2H3/p+1. The summed E-state index contributed by atoms with van der Waals surface area (Å²) in [7, 11) is 1.59. The minimum absolute atomic E-state index is 0.0149. The van der Waals surface area contributed by atoms with E-state index in [-0.39, 0.29) is 18.3 Å². The fourth-order valence-electron chi connectivity index (χ4n) is 3.44. The normalized spacial score (nSPS) is 14.5. The lowest BCUT2D eigenvalue weighted by atomic mass is 10.1. The molecule has 2 aromatic rings. The van der Waals surface area contributed by atoms with Crippen LogP contribution in [0.5, 0.6) is 17.2 Å². The molecule has 3 rings (SSSR count). The monoisotopic (exact) mass is 403 g/mol. The van der Waals surface area contributed by atoms with Crippen LogP contribution in [0, 0.1) is 5.82 Å². The molecule has 0 bridgehead atoms. The molecule has 1 N–H and O–H groups in total. The third-order valence-corrected chi connectivity index (χ3v) is 5.00. The number of benzene rings is 2. The van der Waals surface area contributed by atoms with E-state index < -0.39 is 0 Å². The molecule has 1 aliphatic heterocycles. The van der Waals surface area contributed by atoms with Gasteiger partial charge in [-0.1, -0.05) is 0 Å². The Morgan fingerprint density at radius 1 is 1.07 bits per heavy atom. The van der Waals surface area contributed by atoms with E-state index in [2.05, 4.69) is 0 Å². The summed E-state index contributed by atoms with van der Waals surface area (Å²) in [6.45, 7) is 6.13. The first-order valence-corrected chi connectivity index (χ1v) is 9.88. The van der Waals surface area contributed by atoms with Crippen LogP contribution < -0.4 is 19.1 Å². The van der Waals surface area contributed by atoms with Crippen molar-refractivity contribution >= 4 is 5.91 Å². The predicted octanol–water partition coefficient (Wildman–Crippen LogP) is 1.54. The number of amides is 1. The number of hydrogen-bond donors (Lipinski definition) is 1. The Bertz CT molecular complexity index is 805. The number of carbonyl (C=O) groups excluding carboxylic acids is 1. The maximum absolute atomic E-state index is 13.6. The minimum atomic E-state index is -0.263. The lowest BCUT2D eigenvalue weighted by Gasteiger charge is -2.32. The highest BCUT2D eigenvalue weighted by atomic mass is 19.1. The van der Waals surface area contributed by atoms with E-state index in [1.807, 2.05) is 24.0 Å². The highest BCUT2D eigenvalue weighted by molar-refractivity contribution is 5.77. The molecule has 1 amide bonds. The van der Waals surface area contributed by atoms with Crippen LogP contribution in [-0.4, -0.2) is 57.3 Å². The second-order valence-corrected chi connectivity index (χ2v) is 6.96. The van der Waals surface area contributed by atoms with E-state index in [0.29, 0.717) is 37.7 Å². The zero-order valence-corrected chi connectivity index (χ0v) is 16.9. The van der Waals surface area contributed by atoms with Crippen molar-refractivity contribution in [1.29, 1.82) is 0 Å². The van der Waals surface area contributed by atoms with Gasteiger partial charge in [0.05, 0.1) is 45.5 Å². The molecule has 6 nitrogen and oxygen atoms in total. The summed E-state index contributed by atoms with van der Waals surface area (Å²) in [6.07, 6.45) is 0. The predicted molar refractivity (Wildman–Crippen MR) is 107 cm³/mol. The number of quaternary nitrogens is 1. The molecule has 0 spiro atoms. The molecule has 2 aromatic carbocycles. The molecule has 0 radical (unpaired) electrons. The summed E-state index contributed by atoms with van der Waals surface area (Å²) >= 11 is 0. The van der Waals surface area contributed by atoms with Crippen molar-refractivity contribution in [1.82, 2.24) is 4.90 Å². The van der Waals surface area contributed by atoms with Crippen LogP contribution in [-0.2, 0) is 11.3 Å². The number of rotatable bonds is 8. The SMILES string of the molecule is CCOc1ccc(OCC(=O)N2CC[NH+](Cc3cc(F)ccc3OC)CC2)cc1. The van der Waals surface area contributed by atoms with Crippen molar-refractivity contribution in [2.24, 2.45) is 0 Å². The largest absolute Gasteiger partial charge is 0.496 e. The number of nitrogens with one attached hydrogen (secondary N) is 1. The Kier molecular flexibility index (Phi) is 7.30. The summed E-state index contributed by atoms with van der Waals surface area (Å²) < 4.78 is 29.9. The maximum atomic E-state index is 13.6. The number of halogens is 1. The molecule has 1 aliphatic rings. The molecule has 1 saturated heterocycles. The van der Waals surface area contributed by atoms with Crippen molar-refractivity contribution < 1.29 is 28.3 Å². The van der Waals surface area contributed by atoms with Gasteiger partial charge in [-0.2, -0.15) is 0 Å². The van der Waals surface area contributed by atoms with Crippen LogP contribution in [0.25, 0.3) is 0 Å². The smallest absolute Gasteiger partial charge is 0.260 e. The lowest BCUT2D eigenvalue weighted by Crippen LogP contribution is -3.13. The van der Waals surface area contributed by atoms with Crippen LogP contribution in [0.1, 0.15) is 12.5 Å². The fourth-order valence-corrected chi connectivity index (χ4v) is 3.44. The first-order valence-electron chi connectivity index (χ1n) is 9.88. The second-order valence-electron chi connectivity index (χ2n) is 6.96. The molecule has 0 unspecified atom stereocenters. The first-order chi connectivity index (χ1) is 14.1. The summed E-state index contributed by atoms with van der Waals surface area (Å²) in [5.41, 5.74) is 0.848. The van der Waals surface area contributed by atoms with Crippen molar-refractivity contribution in [3.8, 4) is 17.2 Å². The Morgan fingerprint density at radius 3 is 2.34 bits per heavy atom. The molecule has 0 atom stereocenters. The Hall–Kier alpha value is -2.80. The summed E-state index contributed by atoms with van der Waals surface area (Å²) in [6, 6.07) is 11.8. The van der Waals surface area contributed by atoms with Crippen molar-refractivity contribution in [3.05, 3.63) is 53.8 Å². The van der Waals surface area contributed by atoms with E-state index in [9.17, 15) is 9.18 Å². The molecular weight excluding hydrogens is 375 g/mol. The Balaban J connectivity index is 1.45. The van der Waals surface area contributed by atoms with Crippen LogP contribution in [0.3, 0.4) is 0 Å². The van der Waals surface area contributed by atoms with Crippen LogP contribution in [0.2, 0.25) is 0 Å². The molecule has 7 heteroatoms. The number of piperazine rings is 1. The molecule has 0 aromatic heterocycles. The van der Waals surface area contributed by atoms with E-state index >= 15 is 0 Å². The summed E-state index contributed by atoms with van der Waals surface area (Å²) in [5.74, 6) is 1.83. The van der Waals surface area contributed by atoms with E-state index in [4.69, 9.17) is 14.2 Å². The van der Waals surface area contributed by atoms with Gasteiger partial charge in [-0.25, -0.2) is 4.39 Å². The summed E-state index contributed by atoms with van der Waals surface area (Å²) in [5, 5.41) is 0. The Morgan fingerprint density at radius 2 is 1.72 bits per heavy atom. The van der Waals surface area contributed by atoms with Crippen LogP contribution in [0.4, 0.5) is 4.39 Å². The maximum Gasteiger partial charge on any atom is 0.260 e. The van der Waals surface area contributed by atoms with Gasteiger partial charge in [0.15, 0.2) is 6.61 Å². The van der Waals surface area contributed by atoms with Gasteiger partial charge in [0.1, 0.15) is 29.6 Å². The van der Waals surface area contributed by atoms with Gasteiger partial charge in [0.25, 0.3) is 5.91 Å². The first kappa shape index (κ1) is 20.9. The van der Waals surface area contributed by atoms with Crippen LogP contribution in [0.15, 0.2) is 42.5 Å². The average Bonchev–Trinajstić information content (AvgIpc) is 2.74. The number of nitrogens with zero attached hydrogens (tertiary/aromatic N) is 1. The number of carbonyl (C=O) groups is 1. The number of hydrogen-bond acceptors (Lipinski definition) is 4. The van der Waals surface area contributed by atoms with Gasteiger partial charge in [-0.3, -0.25) is 4.79 Å². The fraction of sp³-hybridized carbons (Fsp3) is 0.409. The van der Waals surface area contributed by atoms with E-state index in [1.165, 1.54) is 17.0 Å².